The van der Waals surface area contributed by atoms with Crippen molar-refractivity contribution >= 4 is 17.2 Å². The van der Waals surface area contributed by atoms with E-state index in [2.05, 4.69) is 28.9 Å². The Hall–Kier alpha value is -1.93. The highest BCUT2D eigenvalue weighted by Crippen LogP contribution is 2.34. The SMILES string of the molecule is Cc1ccc(CN2CCC3CCN(C(=O)c4ccc(C(F)(F)F)nc4)C3C2)s1. The molecule has 2 unspecified atom stereocenters. The third kappa shape index (κ3) is 3.93. The van der Waals surface area contributed by atoms with Crippen LogP contribution in [-0.4, -0.2) is 46.4 Å². The number of aryl methyl sites for hydroxylation is 1. The largest absolute Gasteiger partial charge is 0.433 e. The lowest BCUT2D eigenvalue weighted by Gasteiger charge is -2.38. The quantitative estimate of drug-likeness (QED) is 0.762. The molecule has 4 heterocycles. The van der Waals surface area contributed by atoms with E-state index in [0.717, 1.165) is 44.7 Å². The van der Waals surface area contributed by atoms with E-state index in [1.807, 2.05) is 4.90 Å². The van der Waals surface area contributed by atoms with E-state index in [0.29, 0.717) is 12.5 Å². The van der Waals surface area contributed by atoms with Crippen LogP contribution >= 0.6 is 11.3 Å². The summed E-state index contributed by atoms with van der Waals surface area (Å²) in [6.07, 6.45) is -1.45. The molecule has 0 spiro atoms. The summed E-state index contributed by atoms with van der Waals surface area (Å²) in [5, 5.41) is 0. The average molecular weight is 409 g/mol. The minimum absolute atomic E-state index is 0.115. The molecule has 0 N–H and O–H groups in total. The predicted molar refractivity (Wildman–Crippen MR) is 101 cm³/mol. The monoisotopic (exact) mass is 409 g/mol. The zero-order chi connectivity index (χ0) is 19.9. The number of thiophene rings is 1. The molecule has 2 aromatic heterocycles. The van der Waals surface area contributed by atoms with Crippen molar-refractivity contribution in [1.82, 2.24) is 14.8 Å². The Morgan fingerprint density at radius 1 is 1.21 bits per heavy atom. The van der Waals surface area contributed by atoms with Gasteiger partial charge in [-0.05, 0) is 56.5 Å². The second kappa shape index (κ2) is 7.48. The number of likely N-dealkylation sites (tertiary alicyclic amines) is 2. The van der Waals surface area contributed by atoms with Gasteiger partial charge in [-0.1, -0.05) is 0 Å². The molecule has 4 nitrogen and oxygen atoms in total. The Labute approximate surface area is 166 Å². The zero-order valence-corrected chi connectivity index (χ0v) is 16.4. The lowest BCUT2D eigenvalue weighted by Crippen LogP contribution is -2.49. The van der Waals surface area contributed by atoms with Gasteiger partial charge in [-0.2, -0.15) is 13.2 Å². The number of rotatable bonds is 3. The minimum atomic E-state index is -4.50. The zero-order valence-electron chi connectivity index (χ0n) is 15.6. The highest BCUT2D eigenvalue weighted by atomic mass is 32.1. The average Bonchev–Trinajstić information content (AvgIpc) is 3.26. The fourth-order valence-electron chi connectivity index (χ4n) is 4.25. The Morgan fingerprint density at radius 3 is 2.64 bits per heavy atom. The molecular weight excluding hydrogens is 387 g/mol. The standard InChI is InChI=1S/C20H22F3N3OS/c1-13-2-4-16(28-13)11-25-8-6-14-7-9-26(17(14)12-25)19(27)15-3-5-18(24-10-15)20(21,22)23/h2-5,10,14,17H,6-9,11-12H2,1H3. The first-order valence-electron chi connectivity index (χ1n) is 9.43. The lowest BCUT2D eigenvalue weighted by atomic mass is 9.92. The van der Waals surface area contributed by atoms with E-state index >= 15 is 0 Å². The Balaban J connectivity index is 1.45. The van der Waals surface area contributed by atoms with E-state index in [1.165, 1.54) is 15.8 Å². The van der Waals surface area contributed by atoms with Gasteiger partial charge in [-0.15, -0.1) is 11.3 Å². The number of pyridine rings is 1. The van der Waals surface area contributed by atoms with Gasteiger partial charge < -0.3 is 4.90 Å². The van der Waals surface area contributed by atoms with Crippen LogP contribution in [0.5, 0.6) is 0 Å². The van der Waals surface area contributed by atoms with Gasteiger partial charge in [0.15, 0.2) is 0 Å². The van der Waals surface area contributed by atoms with Crippen molar-refractivity contribution in [1.29, 1.82) is 0 Å². The minimum Gasteiger partial charge on any atom is -0.334 e. The number of halogens is 3. The van der Waals surface area contributed by atoms with Gasteiger partial charge in [0.25, 0.3) is 5.91 Å². The van der Waals surface area contributed by atoms with Crippen LogP contribution in [0.1, 0.15) is 38.6 Å². The Morgan fingerprint density at radius 2 is 2.00 bits per heavy atom. The maximum Gasteiger partial charge on any atom is 0.433 e. The third-order valence-corrected chi connectivity index (χ3v) is 6.67. The van der Waals surface area contributed by atoms with Crippen LogP contribution in [0.15, 0.2) is 30.5 Å². The van der Waals surface area contributed by atoms with Crippen molar-refractivity contribution in [3.8, 4) is 0 Å². The summed E-state index contributed by atoms with van der Waals surface area (Å²) in [4.78, 5) is 23.2. The molecule has 2 saturated heterocycles. The fraction of sp³-hybridized carbons (Fsp3) is 0.500. The molecule has 28 heavy (non-hydrogen) atoms. The smallest absolute Gasteiger partial charge is 0.334 e. The number of hydrogen-bond acceptors (Lipinski definition) is 4. The summed E-state index contributed by atoms with van der Waals surface area (Å²) >= 11 is 1.79. The summed E-state index contributed by atoms with van der Waals surface area (Å²) in [5.74, 6) is 0.246. The van der Waals surface area contributed by atoms with Gasteiger partial charge in [0.2, 0.25) is 0 Å². The van der Waals surface area contributed by atoms with Crippen LogP contribution in [0.25, 0.3) is 0 Å². The van der Waals surface area contributed by atoms with Crippen LogP contribution in [-0.2, 0) is 12.7 Å². The third-order valence-electron chi connectivity index (χ3n) is 5.68. The first kappa shape index (κ1) is 19.4. The maximum absolute atomic E-state index is 12.9. The van der Waals surface area contributed by atoms with Gasteiger partial charge in [-0.25, -0.2) is 0 Å². The highest BCUT2D eigenvalue weighted by Gasteiger charge is 2.41. The summed E-state index contributed by atoms with van der Waals surface area (Å²) in [6, 6.07) is 6.51. The number of nitrogens with zero attached hydrogens (tertiary/aromatic N) is 3. The number of fused-ring (bicyclic) bond motifs is 1. The molecule has 4 rings (SSSR count). The van der Waals surface area contributed by atoms with Gasteiger partial charge in [0, 0.05) is 41.6 Å². The number of piperidine rings is 1. The van der Waals surface area contributed by atoms with Crippen molar-refractivity contribution in [2.45, 2.75) is 38.5 Å². The molecule has 2 fully saturated rings. The molecule has 150 valence electrons. The molecule has 0 saturated carbocycles. The molecule has 0 radical (unpaired) electrons. The van der Waals surface area contributed by atoms with Crippen LogP contribution in [0.2, 0.25) is 0 Å². The first-order valence-corrected chi connectivity index (χ1v) is 10.2. The number of aromatic nitrogens is 1. The van der Waals surface area contributed by atoms with E-state index in [1.54, 1.807) is 11.3 Å². The normalized spacial score (nSPS) is 23.1. The van der Waals surface area contributed by atoms with Crippen molar-refractivity contribution in [2.75, 3.05) is 19.6 Å². The first-order chi connectivity index (χ1) is 13.3. The fourth-order valence-corrected chi connectivity index (χ4v) is 5.18. The second-order valence-electron chi connectivity index (χ2n) is 7.58. The number of carbonyl (C=O) groups is 1. The van der Waals surface area contributed by atoms with Gasteiger partial charge in [0.1, 0.15) is 5.69 Å². The second-order valence-corrected chi connectivity index (χ2v) is 8.95. The molecule has 8 heteroatoms. The molecular formula is C20H22F3N3OS. The molecule has 1 amide bonds. The lowest BCUT2D eigenvalue weighted by molar-refractivity contribution is -0.141. The van der Waals surface area contributed by atoms with E-state index in [-0.39, 0.29) is 17.5 Å². The van der Waals surface area contributed by atoms with Gasteiger partial charge in [-0.3, -0.25) is 14.7 Å². The number of carbonyl (C=O) groups excluding carboxylic acids is 1. The van der Waals surface area contributed by atoms with Crippen molar-refractivity contribution in [3.63, 3.8) is 0 Å². The Kier molecular flexibility index (Phi) is 5.18. The van der Waals surface area contributed by atoms with Gasteiger partial charge >= 0.3 is 6.18 Å². The van der Waals surface area contributed by atoms with Crippen LogP contribution in [0, 0.1) is 12.8 Å². The molecule has 0 aliphatic carbocycles. The number of hydrogen-bond donors (Lipinski definition) is 0. The van der Waals surface area contributed by atoms with Crippen molar-refractivity contribution in [2.24, 2.45) is 5.92 Å². The summed E-state index contributed by atoms with van der Waals surface area (Å²) in [6.45, 7) is 5.45. The van der Waals surface area contributed by atoms with Gasteiger partial charge in [0.05, 0.1) is 5.56 Å². The topological polar surface area (TPSA) is 36.4 Å². The van der Waals surface area contributed by atoms with Crippen molar-refractivity contribution in [3.05, 3.63) is 51.5 Å². The van der Waals surface area contributed by atoms with Crippen LogP contribution in [0.4, 0.5) is 13.2 Å². The molecule has 2 aromatic rings. The van der Waals surface area contributed by atoms with E-state index < -0.39 is 11.9 Å². The summed E-state index contributed by atoms with van der Waals surface area (Å²) < 4.78 is 38.1. The highest BCUT2D eigenvalue weighted by molar-refractivity contribution is 7.11. The number of alkyl halides is 3. The molecule has 2 aliphatic rings. The predicted octanol–water partition coefficient (Wildman–Crippen LogP) is 4.21. The molecule has 2 atom stereocenters. The maximum atomic E-state index is 12.9. The molecule has 2 aliphatic heterocycles. The summed E-state index contributed by atoms with van der Waals surface area (Å²) in [5.41, 5.74) is -0.752. The van der Waals surface area contributed by atoms with Crippen LogP contribution in [0.3, 0.4) is 0 Å². The summed E-state index contributed by atoms with van der Waals surface area (Å²) in [7, 11) is 0. The molecule has 0 bridgehead atoms. The van der Waals surface area contributed by atoms with E-state index in [4.69, 9.17) is 0 Å². The Bertz CT molecular complexity index is 849. The van der Waals surface area contributed by atoms with Crippen LogP contribution < -0.4 is 0 Å². The molecule has 0 aromatic carbocycles. The van der Waals surface area contributed by atoms with Crippen molar-refractivity contribution < 1.29 is 18.0 Å². The van der Waals surface area contributed by atoms with E-state index in [9.17, 15) is 18.0 Å². The number of amides is 1.